The summed E-state index contributed by atoms with van der Waals surface area (Å²) in [5.74, 6) is 0. The molecular formula is C14H22N2S2. The highest BCUT2D eigenvalue weighted by Crippen LogP contribution is 2.30. The Kier molecular flexibility index (Phi) is 5.47. The summed E-state index contributed by atoms with van der Waals surface area (Å²) in [5.41, 5.74) is 7.91. The number of nitrogens with one attached hydrogen (secondary N) is 1. The molecule has 0 bridgehead atoms. The third kappa shape index (κ3) is 3.89. The van der Waals surface area contributed by atoms with Crippen LogP contribution in [0.15, 0.2) is 23.1 Å². The van der Waals surface area contributed by atoms with Crippen molar-refractivity contribution in [2.45, 2.75) is 44.0 Å². The van der Waals surface area contributed by atoms with E-state index in [2.05, 4.69) is 32.2 Å². The predicted molar refractivity (Wildman–Crippen MR) is 86.7 cm³/mol. The molecule has 100 valence electrons. The highest BCUT2D eigenvalue weighted by atomic mass is 32.2. The van der Waals surface area contributed by atoms with Gasteiger partial charge in [-0.05, 0) is 38.7 Å². The monoisotopic (exact) mass is 282 g/mol. The highest BCUT2D eigenvalue weighted by Gasteiger charge is 2.19. The number of thiocarbonyl (C=S) groups is 1. The van der Waals surface area contributed by atoms with Crippen LogP contribution >= 0.6 is 24.0 Å². The van der Waals surface area contributed by atoms with Gasteiger partial charge in [0.1, 0.15) is 4.99 Å². The van der Waals surface area contributed by atoms with Crippen LogP contribution < -0.4 is 11.1 Å². The minimum Gasteiger partial charge on any atom is -0.389 e. The van der Waals surface area contributed by atoms with E-state index >= 15 is 0 Å². The molecule has 3 N–H and O–H groups in total. The van der Waals surface area contributed by atoms with E-state index < -0.39 is 0 Å². The molecule has 0 heterocycles. The molecule has 0 amide bonds. The van der Waals surface area contributed by atoms with Crippen molar-refractivity contribution < 1.29 is 0 Å². The van der Waals surface area contributed by atoms with Crippen molar-refractivity contribution in [1.82, 2.24) is 0 Å². The first kappa shape index (κ1) is 15.3. The normalized spacial score (nSPS) is 11.3. The van der Waals surface area contributed by atoms with Gasteiger partial charge in [-0.3, -0.25) is 0 Å². The number of nitrogens with two attached hydrogens (primary N) is 1. The summed E-state index contributed by atoms with van der Waals surface area (Å²) >= 11 is 6.85. The Balaban J connectivity index is 3.12. The summed E-state index contributed by atoms with van der Waals surface area (Å²) in [6.45, 7) is 6.59. The predicted octanol–water partition coefficient (Wildman–Crippen LogP) is 4.03. The molecule has 1 aromatic carbocycles. The number of rotatable bonds is 6. The van der Waals surface area contributed by atoms with Gasteiger partial charge < -0.3 is 11.1 Å². The molecule has 0 unspecified atom stereocenters. The molecule has 2 nitrogen and oxygen atoms in total. The van der Waals surface area contributed by atoms with Crippen LogP contribution in [0.5, 0.6) is 0 Å². The third-order valence-electron chi connectivity index (χ3n) is 2.84. The number of anilines is 1. The van der Waals surface area contributed by atoms with Crippen LogP contribution in [0.25, 0.3) is 0 Å². The van der Waals surface area contributed by atoms with Crippen LogP contribution in [0.4, 0.5) is 5.69 Å². The number of hydrogen-bond donors (Lipinski definition) is 2. The van der Waals surface area contributed by atoms with Crippen LogP contribution in [0.2, 0.25) is 0 Å². The molecular weight excluding hydrogens is 260 g/mol. The summed E-state index contributed by atoms with van der Waals surface area (Å²) in [6.07, 6.45) is 4.29. The fraction of sp³-hybridized carbons (Fsp3) is 0.500. The van der Waals surface area contributed by atoms with Gasteiger partial charge in [0.2, 0.25) is 0 Å². The van der Waals surface area contributed by atoms with Gasteiger partial charge in [0.05, 0.1) is 0 Å². The number of thioether (sulfide) groups is 1. The maximum atomic E-state index is 5.86. The summed E-state index contributed by atoms with van der Waals surface area (Å²) in [4.78, 5) is 1.58. The van der Waals surface area contributed by atoms with E-state index in [9.17, 15) is 0 Å². The zero-order valence-electron chi connectivity index (χ0n) is 11.5. The fourth-order valence-electron chi connectivity index (χ4n) is 2.11. The van der Waals surface area contributed by atoms with E-state index in [0.29, 0.717) is 4.99 Å². The van der Waals surface area contributed by atoms with Crippen molar-refractivity contribution >= 4 is 34.7 Å². The Labute approximate surface area is 120 Å². The minimum atomic E-state index is 0.0469. The van der Waals surface area contributed by atoms with Crippen molar-refractivity contribution in [2.24, 2.45) is 5.73 Å². The molecule has 0 fully saturated rings. The van der Waals surface area contributed by atoms with Gasteiger partial charge in [-0.25, -0.2) is 0 Å². The molecule has 0 saturated heterocycles. The lowest BCUT2D eigenvalue weighted by atomic mass is 9.97. The summed E-state index contributed by atoms with van der Waals surface area (Å²) < 4.78 is 0. The molecule has 0 aliphatic carbocycles. The Morgan fingerprint density at radius 2 is 2.11 bits per heavy atom. The lowest BCUT2D eigenvalue weighted by Crippen LogP contribution is -2.31. The van der Waals surface area contributed by atoms with Crippen LogP contribution in [-0.2, 0) is 0 Å². The Morgan fingerprint density at radius 3 is 2.61 bits per heavy atom. The molecule has 0 spiro atoms. The SMILES string of the molecule is CCCC(C)(C)Nc1cccc(SC)c1C(N)=S. The second-order valence-corrected chi connectivity index (χ2v) is 6.29. The van der Waals surface area contributed by atoms with Crippen molar-refractivity contribution in [3.05, 3.63) is 23.8 Å². The van der Waals surface area contributed by atoms with E-state index in [1.54, 1.807) is 11.8 Å². The van der Waals surface area contributed by atoms with Gasteiger partial charge in [-0.1, -0.05) is 31.6 Å². The lowest BCUT2D eigenvalue weighted by molar-refractivity contribution is 0.511. The van der Waals surface area contributed by atoms with Gasteiger partial charge in [0.15, 0.2) is 0 Å². The van der Waals surface area contributed by atoms with Gasteiger partial charge in [-0.2, -0.15) is 0 Å². The van der Waals surface area contributed by atoms with Crippen molar-refractivity contribution in [1.29, 1.82) is 0 Å². The summed E-state index contributed by atoms with van der Waals surface area (Å²) in [7, 11) is 0. The van der Waals surface area contributed by atoms with Gasteiger partial charge >= 0.3 is 0 Å². The second-order valence-electron chi connectivity index (χ2n) is 5.01. The first-order chi connectivity index (χ1) is 8.41. The van der Waals surface area contributed by atoms with Crippen LogP contribution in [0.1, 0.15) is 39.2 Å². The molecule has 18 heavy (non-hydrogen) atoms. The zero-order valence-corrected chi connectivity index (χ0v) is 13.2. The third-order valence-corrected chi connectivity index (χ3v) is 3.82. The molecule has 4 heteroatoms. The van der Waals surface area contributed by atoms with Gasteiger partial charge in [-0.15, -0.1) is 11.8 Å². The molecule has 1 rings (SSSR count). The molecule has 0 radical (unpaired) electrons. The average Bonchev–Trinajstić information content (AvgIpc) is 2.27. The first-order valence-corrected chi connectivity index (χ1v) is 7.79. The van der Waals surface area contributed by atoms with Crippen LogP contribution in [-0.4, -0.2) is 16.8 Å². The Morgan fingerprint density at radius 1 is 1.44 bits per heavy atom. The molecule has 0 saturated carbocycles. The first-order valence-electron chi connectivity index (χ1n) is 6.16. The summed E-state index contributed by atoms with van der Waals surface area (Å²) in [6, 6.07) is 6.14. The van der Waals surface area contributed by atoms with Crippen molar-refractivity contribution in [3.63, 3.8) is 0 Å². The van der Waals surface area contributed by atoms with E-state index in [0.717, 1.165) is 29.0 Å². The Bertz CT molecular complexity index is 428. The quantitative estimate of drug-likeness (QED) is 0.610. The largest absolute Gasteiger partial charge is 0.389 e. The van der Waals surface area contributed by atoms with Crippen LogP contribution in [0, 0.1) is 0 Å². The topological polar surface area (TPSA) is 38.0 Å². The maximum Gasteiger partial charge on any atom is 0.107 e. The smallest absolute Gasteiger partial charge is 0.107 e. The molecule has 0 aliphatic heterocycles. The number of hydrogen-bond acceptors (Lipinski definition) is 3. The Hall–Kier alpha value is -0.740. The highest BCUT2D eigenvalue weighted by molar-refractivity contribution is 7.98. The van der Waals surface area contributed by atoms with Crippen molar-refractivity contribution in [2.75, 3.05) is 11.6 Å². The number of benzene rings is 1. The van der Waals surface area contributed by atoms with Crippen LogP contribution in [0.3, 0.4) is 0 Å². The lowest BCUT2D eigenvalue weighted by Gasteiger charge is -2.29. The molecule has 0 atom stereocenters. The zero-order chi connectivity index (χ0) is 13.8. The standard InChI is InChI=1S/C14H22N2S2/c1-5-9-14(2,3)16-10-7-6-8-11(18-4)12(10)13(15)17/h6-8,16H,5,9H2,1-4H3,(H2,15,17). The van der Waals surface area contributed by atoms with E-state index in [1.807, 2.05) is 18.4 Å². The molecule has 0 aliphatic rings. The van der Waals surface area contributed by atoms with Crippen molar-refractivity contribution in [3.8, 4) is 0 Å². The minimum absolute atomic E-state index is 0.0469. The second kappa shape index (κ2) is 6.43. The average molecular weight is 282 g/mol. The van der Waals surface area contributed by atoms with E-state index in [1.165, 1.54) is 0 Å². The fourth-order valence-corrected chi connectivity index (χ4v) is 3.03. The maximum absolute atomic E-state index is 5.86. The van der Waals surface area contributed by atoms with Gasteiger partial charge in [0.25, 0.3) is 0 Å². The van der Waals surface area contributed by atoms with Gasteiger partial charge in [0, 0.05) is 21.7 Å². The molecule has 0 aromatic heterocycles. The molecule has 1 aromatic rings. The van der Waals surface area contributed by atoms with E-state index in [4.69, 9.17) is 18.0 Å². The summed E-state index contributed by atoms with van der Waals surface area (Å²) in [5, 5.41) is 3.56. The van der Waals surface area contributed by atoms with E-state index in [-0.39, 0.29) is 5.54 Å².